The van der Waals surface area contributed by atoms with Crippen LogP contribution < -0.4 is 5.73 Å². The van der Waals surface area contributed by atoms with Crippen molar-refractivity contribution in [2.75, 3.05) is 6.54 Å². The first-order chi connectivity index (χ1) is 15.1. The number of benzene rings is 1. The quantitative estimate of drug-likeness (QED) is 0.485. The molecule has 1 saturated carbocycles. The van der Waals surface area contributed by atoms with E-state index in [1.165, 1.54) is 37.8 Å². The molecule has 0 aliphatic heterocycles. The number of hydrogen-bond donors (Lipinski definition) is 3. The largest absolute Gasteiger partial charge is 0.481 e. The summed E-state index contributed by atoms with van der Waals surface area (Å²) < 4.78 is 31.7. The minimum Gasteiger partial charge on any atom is -0.481 e. The summed E-state index contributed by atoms with van der Waals surface area (Å²) in [4.78, 5) is 15.6. The molecule has 3 rings (SSSR count). The van der Waals surface area contributed by atoms with Gasteiger partial charge in [0.05, 0.1) is 22.8 Å². The number of aryl methyl sites for hydroxylation is 1. The Morgan fingerprint density at radius 1 is 1.21 bits per heavy atom. The molecular weight excluding hydrogens is 446 g/mol. The molecule has 2 aromatic rings. The number of nitrogens with zero attached hydrogens (tertiary/aromatic N) is 2. The number of hydrogen-bond acceptors (Lipinski definition) is 5. The lowest BCUT2D eigenvalue weighted by Gasteiger charge is -2.26. The standard InChI is InChI=1S/C16H27N3O2.C7H8O3S.H2O/c1-12-4-6-15(7-5-12)19-10-14(18-11-19)9-13(16(20)21)3-2-8-17;1-6-2-4-7(5-3-6)11(8,9)10;/h10-13,15H,2-9,17H2,1H3,(H,20,21);2-5H,1H3,(H,8,9,10);1H2. The predicted molar refractivity (Wildman–Crippen MR) is 127 cm³/mol. The fourth-order valence-electron chi connectivity index (χ4n) is 3.87. The van der Waals surface area contributed by atoms with Crippen molar-refractivity contribution in [1.29, 1.82) is 0 Å². The van der Waals surface area contributed by atoms with Crippen LogP contribution in [0, 0.1) is 18.8 Å². The second-order valence-electron chi connectivity index (χ2n) is 8.68. The van der Waals surface area contributed by atoms with Crippen molar-refractivity contribution in [3.05, 3.63) is 48.0 Å². The summed E-state index contributed by atoms with van der Waals surface area (Å²) in [5.74, 6) is -0.287. The first-order valence-electron chi connectivity index (χ1n) is 11.1. The van der Waals surface area contributed by atoms with Crippen molar-refractivity contribution >= 4 is 16.1 Å². The Labute approximate surface area is 196 Å². The molecule has 186 valence electrons. The van der Waals surface area contributed by atoms with Crippen molar-refractivity contribution in [3.8, 4) is 0 Å². The Bertz CT molecular complexity index is 951. The second kappa shape index (κ2) is 13.4. The fourth-order valence-corrected chi connectivity index (χ4v) is 4.35. The normalized spacial score (nSPS) is 19.0. The van der Waals surface area contributed by atoms with Gasteiger partial charge in [0.15, 0.2) is 0 Å². The molecule has 1 atom stereocenters. The number of nitrogens with two attached hydrogens (primary N) is 1. The Morgan fingerprint density at radius 2 is 1.82 bits per heavy atom. The van der Waals surface area contributed by atoms with Crippen LogP contribution in [0.2, 0.25) is 0 Å². The van der Waals surface area contributed by atoms with Gasteiger partial charge in [-0.25, -0.2) is 4.98 Å². The van der Waals surface area contributed by atoms with Gasteiger partial charge in [0, 0.05) is 18.7 Å². The first kappa shape index (κ1) is 28.8. The molecule has 1 aromatic carbocycles. The molecule has 33 heavy (non-hydrogen) atoms. The van der Waals surface area contributed by atoms with E-state index in [0.717, 1.165) is 23.6 Å². The molecule has 0 amide bonds. The monoisotopic (exact) mass is 483 g/mol. The van der Waals surface area contributed by atoms with Gasteiger partial charge in [-0.2, -0.15) is 8.42 Å². The smallest absolute Gasteiger partial charge is 0.306 e. The van der Waals surface area contributed by atoms with E-state index in [0.29, 0.717) is 25.4 Å². The topological polar surface area (TPSA) is 167 Å². The van der Waals surface area contributed by atoms with E-state index >= 15 is 0 Å². The maximum atomic E-state index is 11.3. The first-order valence-corrected chi connectivity index (χ1v) is 12.5. The van der Waals surface area contributed by atoms with Crippen LogP contribution in [-0.2, 0) is 21.3 Å². The molecule has 6 N–H and O–H groups in total. The van der Waals surface area contributed by atoms with Gasteiger partial charge >= 0.3 is 5.97 Å². The summed E-state index contributed by atoms with van der Waals surface area (Å²) in [7, 11) is -4.02. The zero-order valence-electron chi connectivity index (χ0n) is 19.4. The van der Waals surface area contributed by atoms with Crippen LogP contribution in [0.4, 0.5) is 0 Å². The van der Waals surface area contributed by atoms with E-state index in [4.69, 9.17) is 10.3 Å². The zero-order chi connectivity index (χ0) is 23.7. The number of aromatic nitrogens is 2. The van der Waals surface area contributed by atoms with Crippen molar-refractivity contribution in [1.82, 2.24) is 9.55 Å². The fraction of sp³-hybridized carbons (Fsp3) is 0.565. The summed E-state index contributed by atoms with van der Waals surface area (Å²) in [5.41, 5.74) is 7.31. The van der Waals surface area contributed by atoms with E-state index < -0.39 is 16.1 Å². The molecule has 0 saturated heterocycles. The predicted octanol–water partition coefficient (Wildman–Crippen LogP) is 3.03. The summed E-state index contributed by atoms with van der Waals surface area (Å²) in [6.45, 7) is 4.69. The van der Waals surface area contributed by atoms with Crippen LogP contribution in [0.1, 0.15) is 62.7 Å². The molecular formula is C23H37N3O6S. The van der Waals surface area contributed by atoms with Gasteiger partial charge in [-0.05, 0) is 70.0 Å². The van der Waals surface area contributed by atoms with Gasteiger partial charge in [-0.1, -0.05) is 24.6 Å². The van der Waals surface area contributed by atoms with Crippen LogP contribution in [0.3, 0.4) is 0 Å². The highest BCUT2D eigenvalue weighted by Crippen LogP contribution is 2.31. The van der Waals surface area contributed by atoms with E-state index in [2.05, 4.69) is 16.5 Å². The van der Waals surface area contributed by atoms with Crippen molar-refractivity contribution in [2.24, 2.45) is 17.6 Å². The van der Waals surface area contributed by atoms with Gasteiger partial charge in [-0.3, -0.25) is 9.35 Å². The lowest BCUT2D eigenvalue weighted by atomic mass is 9.87. The zero-order valence-corrected chi connectivity index (χ0v) is 20.2. The highest BCUT2D eigenvalue weighted by Gasteiger charge is 2.22. The highest BCUT2D eigenvalue weighted by atomic mass is 32.2. The van der Waals surface area contributed by atoms with Crippen LogP contribution in [0.15, 0.2) is 41.7 Å². The number of carboxylic acid groups (broad SMARTS) is 1. The lowest BCUT2D eigenvalue weighted by molar-refractivity contribution is -0.142. The molecule has 1 unspecified atom stereocenters. The third kappa shape index (κ3) is 9.63. The molecule has 1 aliphatic carbocycles. The lowest BCUT2D eigenvalue weighted by Crippen LogP contribution is -2.18. The number of rotatable bonds is 8. The minimum absolute atomic E-state index is 0. The maximum Gasteiger partial charge on any atom is 0.306 e. The highest BCUT2D eigenvalue weighted by molar-refractivity contribution is 7.85. The second-order valence-corrected chi connectivity index (χ2v) is 10.1. The van der Waals surface area contributed by atoms with Crippen molar-refractivity contribution < 1.29 is 28.3 Å². The average molecular weight is 484 g/mol. The molecule has 0 bridgehead atoms. The van der Waals surface area contributed by atoms with Crippen LogP contribution in [0.5, 0.6) is 0 Å². The molecule has 0 spiro atoms. The Kier molecular flexibility index (Phi) is 11.7. The van der Waals surface area contributed by atoms with E-state index in [9.17, 15) is 18.3 Å². The molecule has 9 nitrogen and oxygen atoms in total. The maximum absolute atomic E-state index is 11.3. The molecule has 10 heteroatoms. The average Bonchev–Trinajstić information content (AvgIpc) is 3.20. The van der Waals surface area contributed by atoms with Gasteiger partial charge < -0.3 is 20.9 Å². The van der Waals surface area contributed by atoms with Gasteiger partial charge in [-0.15, -0.1) is 0 Å². The Hall–Kier alpha value is -2.27. The van der Waals surface area contributed by atoms with Crippen LogP contribution in [0.25, 0.3) is 0 Å². The van der Waals surface area contributed by atoms with Gasteiger partial charge in [0.25, 0.3) is 10.1 Å². The summed E-state index contributed by atoms with van der Waals surface area (Å²) in [6.07, 6.45) is 10.7. The minimum atomic E-state index is -4.02. The number of carboxylic acids is 1. The summed E-state index contributed by atoms with van der Waals surface area (Å²) >= 11 is 0. The molecule has 0 radical (unpaired) electrons. The number of aliphatic carboxylic acids is 1. The molecule has 1 heterocycles. The Balaban J connectivity index is 0.000000385. The third-order valence-corrected chi connectivity index (χ3v) is 6.81. The molecule has 1 aliphatic rings. The SMILES string of the molecule is CC1CCC(n2cnc(CC(CCCN)C(=O)O)c2)CC1.Cc1ccc(S(=O)(=O)O)cc1.O. The van der Waals surface area contributed by atoms with Crippen LogP contribution in [-0.4, -0.2) is 45.6 Å². The van der Waals surface area contributed by atoms with E-state index in [1.54, 1.807) is 12.1 Å². The van der Waals surface area contributed by atoms with E-state index in [1.807, 2.05) is 19.4 Å². The summed E-state index contributed by atoms with van der Waals surface area (Å²) in [5, 5.41) is 9.27. The number of carbonyl (C=O) groups is 1. The van der Waals surface area contributed by atoms with E-state index in [-0.39, 0.29) is 16.3 Å². The summed E-state index contributed by atoms with van der Waals surface area (Å²) in [6, 6.07) is 6.52. The number of imidazole rings is 1. The van der Waals surface area contributed by atoms with Crippen LogP contribution >= 0.6 is 0 Å². The Morgan fingerprint density at radius 3 is 2.33 bits per heavy atom. The molecule has 1 aromatic heterocycles. The van der Waals surface area contributed by atoms with Gasteiger partial charge in [0.1, 0.15) is 0 Å². The van der Waals surface area contributed by atoms with Gasteiger partial charge in [0.2, 0.25) is 0 Å². The molecule has 1 fully saturated rings. The third-order valence-electron chi connectivity index (χ3n) is 5.94. The van der Waals surface area contributed by atoms with Crippen molar-refractivity contribution in [3.63, 3.8) is 0 Å². The van der Waals surface area contributed by atoms with Crippen molar-refractivity contribution in [2.45, 2.75) is 69.7 Å².